The van der Waals surface area contributed by atoms with Crippen molar-refractivity contribution in [3.05, 3.63) is 35.4 Å². The average Bonchev–Trinajstić information content (AvgIpc) is 2.36. The molecule has 18 heavy (non-hydrogen) atoms. The Morgan fingerprint density at radius 3 is 2.50 bits per heavy atom. The molecule has 1 saturated carbocycles. The fraction of sp³-hybridized carbons (Fsp3) is 0.600. The van der Waals surface area contributed by atoms with Gasteiger partial charge in [-0.1, -0.05) is 25.8 Å². The minimum absolute atomic E-state index is 0.614. The zero-order valence-electron chi connectivity index (χ0n) is 10.9. The summed E-state index contributed by atoms with van der Waals surface area (Å²) in [5, 5.41) is 3.34. The largest absolute Gasteiger partial charge is 0.312 e. The minimum Gasteiger partial charge on any atom is -0.312 e. The summed E-state index contributed by atoms with van der Waals surface area (Å²) in [6, 6.07) is 4.09. The van der Waals surface area contributed by atoms with Gasteiger partial charge in [-0.15, -0.1) is 0 Å². The maximum Gasteiger partial charge on any atom is 0.159 e. The molecule has 0 amide bonds. The molecule has 1 aromatic rings. The summed E-state index contributed by atoms with van der Waals surface area (Å²) in [5.74, 6) is 0.0692. The van der Waals surface area contributed by atoms with E-state index in [9.17, 15) is 8.78 Å². The molecule has 0 aliphatic heterocycles. The lowest BCUT2D eigenvalue weighted by molar-refractivity contribution is 0.281. The van der Waals surface area contributed by atoms with Crippen molar-refractivity contribution in [3.8, 4) is 0 Å². The van der Waals surface area contributed by atoms with Crippen molar-refractivity contribution in [2.45, 2.75) is 39.2 Å². The second-order valence-electron chi connectivity index (χ2n) is 5.51. The van der Waals surface area contributed by atoms with Gasteiger partial charge < -0.3 is 5.32 Å². The molecule has 1 aromatic carbocycles. The predicted molar refractivity (Wildman–Crippen MR) is 69.2 cm³/mol. The van der Waals surface area contributed by atoms with E-state index in [2.05, 4.69) is 12.2 Å². The molecule has 0 radical (unpaired) electrons. The summed E-state index contributed by atoms with van der Waals surface area (Å²) < 4.78 is 25.8. The Labute approximate surface area is 108 Å². The monoisotopic (exact) mass is 253 g/mol. The topological polar surface area (TPSA) is 12.0 Å². The molecule has 1 aliphatic carbocycles. The molecule has 3 heteroatoms. The lowest BCUT2D eigenvalue weighted by atomic mass is 9.83. The first-order valence-electron chi connectivity index (χ1n) is 6.80. The molecule has 0 spiro atoms. The second-order valence-corrected chi connectivity index (χ2v) is 5.51. The van der Waals surface area contributed by atoms with Gasteiger partial charge in [-0.25, -0.2) is 8.78 Å². The van der Waals surface area contributed by atoms with Gasteiger partial charge in [0.05, 0.1) is 0 Å². The average molecular weight is 253 g/mol. The molecule has 2 rings (SSSR count). The fourth-order valence-electron chi connectivity index (χ4n) is 2.60. The maximum absolute atomic E-state index is 13.0. The smallest absolute Gasteiger partial charge is 0.159 e. The van der Waals surface area contributed by atoms with Gasteiger partial charge in [0, 0.05) is 6.54 Å². The number of hydrogen-bond acceptors (Lipinski definition) is 1. The molecule has 1 N–H and O–H groups in total. The predicted octanol–water partition coefficient (Wildman–Crippen LogP) is 3.88. The molecular weight excluding hydrogens is 232 g/mol. The third-order valence-electron chi connectivity index (χ3n) is 3.88. The Bertz CT molecular complexity index is 384. The first kappa shape index (κ1) is 13.5. The second kappa shape index (κ2) is 6.28. The van der Waals surface area contributed by atoms with Crippen LogP contribution in [0.5, 0.6) is 0 Å². The van der Waals surface area contributed by atoms with Crippen LogP contribution in [-0.4, -0.2) is 6.54 Å². The van der Waals surface area contributed by atoms with Gasteiger partial charge in [-0.05, 0) is 48.9 Å². The summed E-state index contributed by atoms with van der Waals surface area (Å²) in [4.78, 5) is 0. The van der Waals surface area contributed by atoms with E-state index < -0.39 is 11.6 Å². The fourth-order valence-corrected chi connectivity index (χ4v) is 2.60. The highest BCUT2D eigenvalue weighted by Crippen LogP contribution is 2.27. The van der Waals surface area contributed by atoms with E-state index in [-0.39, 0.29) is 0 Å². The highest BCUT2D eigenvalue weighted by atomic mass is 19.2. The van der Waals surface area contributed by atoms with Gasteiger partial charge in [0.25, 0.3) is 0 Å². The van der Waals surface area contributed by atoms with Gasteiger partial charge in [0.15, 0.2) is 11.6 Å². The minimum atomic E-state index is -0.778. The van der Waals surface area contributed by atoms with E-state index in [0.29, 0.717) is 6.54 Å². The number of halogens is 2. The number of benzene rings is 1. The zero-order valence-corrected chi connectivity index (χ0v) is 10.9. The Hall–Kier alpha value is -0.960. The van der Waals surface area contributed by atoms with Crippen molar-refractivity contribution in [1.29, 1.82) is 0 Å². The first-order valence-corrected chi connectivity index (χ1v) is 6.80. The summed E-state index contributed by atoms with van der Waals surface area (Å²) in [5.41, 5.74) is 0.804. The van der Waals surface area contributed by atoms with Crippen molar-refractivity contribution < 1.29 is 8.78 Å². The highest BCUT2D eigenvalue weighted by Gasteiger charge is 2.17. The molecule has 1 aliphatic rings. The van der Waals surface area contributed by atoms with Crippen LogP contribution in [0.2, 0.25) is 0 Å². The van der Waals surface area contributed by atoms with Crippen LogP contribution in [0.4, 0.5) is 8.78 Å². The van der Waals surface area contributed by atoms with Crippen LogP contribution in [0.1, 0.15) is 38.2 Å². The van der Waals surface area contributed by atoms with Crippen molar-refractivity contribution in [1.82, 2.24) is 5.32 Å². The van der Waals surface area contributed by atoms with Crippen LogP contribution >= 0.6 is 0 Å². The third-order valence-corrected chi connectivity index (χ3v) is 3.88. The van der Waals surface area contributed by atoms with E-state index in [1.54, 1.807) is 6.07 Å². The Morgan fingerprint density at radius 1 is 1.11 bits per heavy atom. The van der Waals surface area contributed by atoms with Crippen LogP contribution in [0, 0.1) is 23.5 Å². The summed E-state index contributed by atoms with van der Waals surface area (Å²) in [6.45, 7) is 3.90. The summed E-state index contributed by atoms with van der Waals surface area (Å²) >= 11 is 0. The van der Waals surface area contributed by atoms with Gasteiger partial charge in [0.1, 0.15) is 0 Å². The molecule has 0 heterocycles. The molecule has 0 atom stereocenters. The van der Waals surface area contributed by atoms with E-state index in [4.69, 9.17) is 0 Å². The van der Waals surface area contributed by atoms with Gasteiger partial charge in [-0.3, -0.25) is 0 Å². The van der Waals surface area contributed by atoms with E-state index >= 15 is 0 Å². The van der Waals surface area contributed by atoms with Crippen molar-refractivity contribution in [2.24, 2.45) is 11.8 Å². The molecule has 0 aromatic heterocycles. The van der Waals surface area contributed by atoms with Crippen LogP contribution in [0.15, 0.2) is 18.2 Å². The van der Waals surface area contributed by atoms with Gasteiger partial charge in [-0.2, -0.15) is 0 Å². The van der Waals surface area contributed by atoms with E-state index in [0.717, 1.165) is 23.9 Å². The molecule has 0 unspecified atom stereocenters. The number of rotatable bonds is 4. The number of hydrogen-bond donors (Lipinski definition) is 1. The van der Waals surface area contributed by atoms with E-state index in [1.807, 2.05) is 0 Å². The third kappa shape index (κ3) is 3.77. The Kier molecular flexibility index (Phi) is 4.70. The standard InChI is InChI=1S/C15H21F2N/c1-11-2-4-12(5-3-11)9-18-10-13-6-7-14(16)15(17)8-13/h6-8,11-12,18H,2-5,9-10H2,1H3. The van der Waals surface area contributed by atoms with Crippen LogP contribution in [-0.2, 0) is 6.54 Å². The van der Waals surface area contributed by atoms with Crippen molar-refractivity contribution in [2.75, 3.05) is 6.54 Å². The summed E-state index contributed by atoms with van der Waals surface area (Å²) in [7, 11) is 0. The molecular formula is C15H21F2N. The normalized spacial score (nSPS) is 24.2. The van der Waals surface area contributed by atoms with Gasteiger partial charge >= 0.3 is 0 Å². The van der Waals surface area contributed by atoms with Crippen molar-refractivity contribution >= 4 is 0 Å². The maximum atomic E-state index is 13.0. The number of nitrogens with one attached hydrogen (secondary N) is 1. The Morgan fingerprint density at radius 2 is 1.83 bits per heavy atom. The first-order chi connectivity index (χ1) is 8.65. The molecule has 1 nitrogen and oxygen atoms in total. The molecule has 0 bridgehead atoms. The highest BCUT2D eigenvalue weighted by molar-refractivity contribution is 5.17. The molecule has 0 saturated heterocycles. The Balaban J connectivity index is 1.73. The van der Waals surface area contributed by atoms with Crippen LogP contribution in [0.25, 0.3) is 0 Å². The van der Waals surface area contributed by atoms with Crippen LogP contribution < -0.4 is 5.32 Å². The van der Waals surface area contributed by atoms with Gasteiger partial charge in [0.2, 0.25) is 0 Å². The van der Waals surface area contributed by atoms with Crippen LogP contribution in [0.3, 0.4) is 0 Å². The zero-order chi connectivity index (χ0) is 13.0. The SMILES string of the molecule is CC1CCC(CNCc2ccc(F)c(F)c2)CC1. The summed E-state index contributed by atoms with van der Waals surface area (Å²) in [6.07, 6.45) is 5.20. The molecule has 100 valence electrons. The van der Waals surface area contributed by atoms with E-state index in [1.165, 1.54) is 37.8 Å². The lowest BCUT2D eigenvalue weighted by Gasteiger charge is -2.26. The lowest BCUT2D eigenvalue weighted by Crippen LogP contribution is -2.25. The quantitative estimate of drug-likeness (QED) is 0.858. The molecule has 1 fully saturated rings. The van der Waals surface area contributed by atoms with Crippen molar-refractivity contribution in [3.63, 3.8) is 0 Å².